The van der Waals surface area contributed by atoms with E-state index < -0.39 is 5.97 Å². The van der Waals surface area contributed by atoms with Crippen molar-refractivity contribution in [1.29, 1.82) is 0 Å². The maximum Gasteiger partial charge on any atom is 0.305 e. The Labute approximate surface area is 110 Å². The van der Waals surface area contributed by atoms with Crippen molar-refractivity contribution in [3.05, 3.63) is 0 Å². The standard InChI is InChI=1S/C14H26N2O2/c1-14(11-13(17)18,10-12-4-3-5-12)16-8-6-15(2)7-9-16/h12H,3-11H2,1-2H3,(H,17,18). The molecular weight excluding hydrogens is 228 g/mol. The van der Waals surface area contributed by atoms with Gasteiger partial charge in [-0.15, -0.1) is 0 Å². The zero-order valence-electron chi connectivity index (χ0n) is 11.7. The van der Waals surface area contributed by atoms with Crippen LogP contribution in [0.4, 0.5) is 0 Å². The van der Waals surface area contributed by atoms with Gasteiger partial charge in [-0.2, -0.15) is 0 Å². The number of carboxylic acid groups (broad SMARTS) is 1. The monoisotopic (exact) mass is 254 g/mol. The summed E-state index contributed by atoms with van der Waals surface area (Å²) in [5.41, 5.74) is -0.141. The first-order valence-corrected chi connectivity index (χ1v) is 7.15. The second kappa shape index (κ2) is 5.57. The summed E-state index contributed by atoms with van der Waals surface area (Å²) in [7, 11) is 2.14. The molecule has 4 nitrogen and oxygen atoms in total. The fourth-order valence-electron chi connectivity index (χ4n) is 3.30. The van der Waals surface area contributed by atoms with Crippen LogP contribution in [0.3, 0.4) is 0 Å². The van der Waals surface area contributed by atoms with Gasteiger partial charge in [0.2, 0.25) is 0 Å². The summed E-state index contributed by atoms with van der Waals surface area (Å²) in [6.45, 7) is 6.28. The number of hydrogen-bond donors (Lipinski definition) is 1. The van der Waals surface area contributed by atoms with E-state index in [1.54, 1.807) is 0 Å². The van der Waals surface area contributed by atoms with Crippen molar-refractivity contribution in [3.8, 4) is 0 Å². The van der Waals surface area contributed by atoms with Crippen molar-refractivity contribution >= 4 is 5.97 Å². The van der Waals surface area contributed by atoms with Crippen molar-refractivity contribution in [3.63, 3.8) is 0 Å². The largest absolute Gasteiger partial charge is 0.481 e. The van der Waals surface area contributed by atoms with Crippen LogP contribution in [0.2, 0.25) is 0 Å². The first-order chi connectivity index (χ1) is 8.49. The van der Waals surface area contributed by atoms with Gasteiger partial charge in [-0.25, -0.2) is 0 Å². The highest BCUT2D eigenvalue weighted by Crippen LogP contribution is 2.38. The quantitative estimate of drug-likeness (QED) is 0.810. The molecule has 2 rings (SSSR count). The van der Waals surface area contributed by atoms with E-state index >= 15 is 0 Å². The number of hydrogen-bond acceptors (Lipinski definition) is 3. The summed E-state index contributed by atoms with van der Waals surface area (Å²) in [4.78, 5) is 15.9. The predicted octanol–water partition coefficient (Wildman–Crippen LogP) is 1.66. The molecule has 1 heterocycles. The maximum absolute atomic E-state index is 11.2. The third-order valence-corrected chi connectivity index (χ3v) is 4.75. The van der Waals surface area contributed by atoms with Crippen LogP contribution in [-0.4, -0.2) is 59.6 Å². The molecule has 1 N–H and O–H groups in total. The molecule has 0 aromatic rings. The highest BCUT2D eigenvalue weighted by Gasteiger charge is 2.38. The van der Waals surface area contributed by atoms with Gasteiger partial charge in [-0.05, 0) is 26.3 Å². The molecule has 1 saturated carbocycles. The lowest BCUT2D eigenvalue weighted by molar-refractivity contribution is -0.141. The number of likely N-dealkylation sites (N-methyl/N-ethyl adjacent to an activating group) is 1. The van der Waals surface area contributed by atoms with Gasteiger partial charge in [0.1, 0.15) is 0 Å². The Kier molecular flexibility index (Phi) is 4.28. The second-order valence-corrected chi connectivity index (χ2v) is 6.36. The predicted molar refractivity (Wildman–Crippen MR) is 71.7 cm³/mol. The van der Waals surface area contributed by atoms with Gasteiger partial charge < -0.3 is 10.0 Å². The Morgan fingerprint density at radius 3 is 2.33 bits per heavy atom. The Bertz CT molecular complexity index is 296. The average Bonchev–Trinajstić information content (AvgIpc) is 2.23. The van der Waals surface area contributed by atoms with E-state index in [1.807, 2.05) is 0 Å². The molecule has 104 valence electrons. The van der Waals surface area contributed by atoms with E-state index in [0.29, 0.717) is 0 Å². The van der Waals surface area contributed by atoms with Crippen molar-refractivity contribution < 1.29 is 9.90 Å². The highest BCUT2D eigenvalue weighted by molar-refractivity contribution is 5.68. The van der Waals surface area contributed by atoms with Crippen molar-refractivity contribution in [1.82, 2.24) is 9.80 Å². The number of nitrogens with zero attached hydrogens (tertiary/aromatic N) is 2. The molecule has 0 amide bonds. The van der Waals surface area contributed by atoms with E-state index in [-0.39, 0.29) is 12.0 Å². The SMILES string of the molecule is CN1CCN(C(C)(CC(=O)O)CC2CCC2)CC1. The minimum absolute atomic E-state index is 0.141. The van der Waals surface area contributed by atoms with Crippen LogP contribution in [0.5, 0.6) is 0 Å². The van der Waals surface area contributed by atoms with Crippen LogP contribution in [0, 0.1) is 5.92 Å². The summed E-state index contributed by atoms with van der Waals surface area (Å²) < 4.78 is 0. The van der Waals surface area contributed by atoms with Crippen LogP contribution in [0.15, 0.2) is 0 Å². The molecule has 0 bridgehead atoms. The van der Waals surface area contributed by atoms with Crippen molar-refractivity contribution in [2.24, 2.45) is 5.92 Å². The van der Waals surface area contributed by atoms with Crippen LogP contribution in [0.1, 0.15) is 39.0 Å². The fraction of sp³-hybridized carbons (Fsp3) is 0.929. The number of rotatable bonds is 5. The van der Waals surface area contributed by atoms with Crippen LogP contribution >= 0.6 is 0 Å². The normalized spacial score (nSPS) is 26.6. The molecule has 0 spiro atoms. The molecule has 1 unspecified atom stereocenters. The zero-order chi connectivity index (χ0) is 13.2. The minimum Gasteiger partial charge on any atom is -0.481 e. The minimum atomic E-state index is -0.657. The average molecular weight is 254 g/mol. The van der Waals surface area contributed by atoms with Gasteiger partial charge >= 0.3 is 5.97 Å². The van der Waals surface area contributed by atoms with Crippen molar-refractivity contribution in [2.75, 3.05) is 33.2 Å². The fourth-order valence-corrected chi connectivity index (χ4v) is 3.30. The molecule has 0 radical (unpaired) electrons. The lowest BCUT2D eigenvalue weighted by Gasteiger charge is -2.47. The summed E-state index contributed by atoms with van der Waals surface area (Å²) in [6, 6.07) is 0. The van der Waals surface area contributed by atoms with E-state index in [4.69, 9.17) is 0 Å². The summed E-state index contributed by atoms with van der Waals surface area (Å²) in [6.07, 6.45) is 5.26. The Hall–Kier alpha value is -0.610. The molecule has 18 heavy (non-hydrogen) atoms. The molecule has 1 aliphatic carbocycles. The van der Waals surface area contributed by atoms with E-state index in [0.717, 1.165) is 38.5 Å². The number of carbonyl (C=O) groups is 1. The van der Waals surface area contributed by atoms with Crippen LogP contribution < -0.4 is 0 Å². The van der Waals surface area contributed by atoms with Gasteiger partial charge in [0, 0.05) is 31.7 Å². The van der Waals surface area contributed by atoms with Gasteiger partial charge in [-0.3, -0.25) is 9.69 Å². The van der Waals surface area contributed by atoms with E-state index in [2.05, 4.69) is 23.8 Å². The van der Waals surface area contributed by atoms with Gasteiger partial charge in [0.05, 0.1) is 6.42 Å². The zero-order valence-corrected chi connectivity index (χ0v) is 11.7. The number of aliphatic carboxylic acids is 1. The number of carboxylic acids is 1. The van der Waals surface area contributed by atoms with Gasteiger partial charge in [-0.1, -0.05) is 19.3 Å². The first kappa shape index (κ1) is 13.8. The lowest BCUT2D eigenvalue weighted by atomic mass is 9.74. The van der Waals surface area contributed by atoms with Gasteiger partial charge in [0.15, 0.2) is 0 Å². The third kappa shape index (κ3) is 3.23. The van der Waals surface area contributed by atoms with Gasteiger partial charge in [0.25, 0.3) is 0 Å². The Balaban J connectivity index is 2.00. The van der Waals surface area contributed by atoms with Crippen molar-refractivity contribution in [2.45, 2.75) is 44.6 Å². The molecule has 0 aromatic carbocycles. The molecule has 4 heteroatoms. The molecule has 1 atom stereocenters. The first-order valence-electron chi connectivity index (χ1n) is 7.15. The molecule has 1 aliphatic heterocycles. The van der Waals surface area contributed by atoms with E-state index in [9.17, 15) is 9.90 Å². The number of piperazine rings is 1. The summed E-state index contributed by atoms with van der Waals surface area (Å²) in [5.74, 6) is 0.102. The third-order valence-electron chi connectivity index (χ3n) is 4.75. The molecule has 1 saturated heterocycles. The smallest absolute Gasteiger partial charge is 0.305 e. The summed E-state index contributed by atoms with van der Waals surface area (Å²) >= 11 is 0. The van der Waals surface area contributed by atoms with E-state index in [1.165, 1.54) is 19.3 Å². The second-order valence-electron chi connectivity index (χ2n) is 6.36. The molecule has 2 aliphatic rings. The Morgan fingerprint density at radius 1 is 1.28 bits per heavy atom. The Morgan fingerprint density at radius 2 is 1.89 bits per heavy atom. The summed E-state index contributed by atoms with van der Waals surface area (Å²) in [5, 5.41) is 9.20. The topological polar surface area (TPSA) is 43.8 Å². The molecule has 2 fully saturated rings. The van der Waals surface area contributed by atoms with Crippen LogP contribution in [-0.2, 0) is 4.79 Å². The maximum atomic E-state index is 11.2. The lowest BCUT2D eigenvalue weighted by Crippen LogP contribution is -2.56. The van der Waals surface area contributed by atoms with Crippen LogP contribution in [0.25, 0.3) is 0 Å². The molecule has 0 aromatic heterocycles. The molecular formula is C14H26N2O2. The highest BCUT2D eigenvalue weighted by atomic mass is 16.4.